The molecule has 0 aromatic heterocycles. The molecule has 0 saturated carbocycles. The number of para-hydroxylation sites is 2. The van der Waals surface area contributed by atoms with Gasteiger partial charge in [0.2, 0.25) is 11.8 Å². The zero-order valence-corrected chi connectivity index (χ0v) is 15.3. The van der Waals surface area contributed by atoms with Crippen LogP contribution in [0.25, 0.3) is 0 Å². The molecule has 1 atom stereocenters. The molecule has 2 amide bonds. The summed E-state index contributed by atoms with van der Waals surface area (Å²) in [4.78, 5) is 34.7. The van der Waals surface area contributed by atoms with Gasteiger partial charge in [-0.1, -0.05) is 47.6 Å². The van der Waals surface area contributed by atoms with Crippen molar-refractivity contribution in [2.24, 2.45) is 11.1 Å². The highest BCUT2D eigenvalue weighted by atomic mass is 16.6. The molecule has 0 fully saturated rings. The molecule has 2 aromatic carbocycles. The average molecular weight is 363 g/mol. The third-order valence-corrected chi connectivity index (χ3v) is 5.20. The van der Waals surface area contributed by atoms with Crippen molar-refractivity contribution in [2.75, 3.05) is 23.9 Å². The van der Waals surface area contributed by atoms with Gasteiger partial charge < -0.3 is 14.6 Å². The molecular weight excluding hydrogens is 342 g/mol. The summed E-state index contributed by atoms with van der Waals surface area (Å²) in [7, 11) is 3.42. The zero-order valence-electron chi connectivity index (χ0n) is 15.3. The zero-order chi connectivity index (χ0) is 19.0. The molecule has 0 radical (unpaired) electrons. The summed E-state index contributed by atoms with van der Waals surface area (Å²) in [6.45, 7) is 0. The maximum absolute atomic E-state index is 13.0. The van der Waals surface area contributed by atoms with Crippen molar-refractivity contribution in [2.45, 2.75) is 18.9 Å². The molecule has 6 heteroatoms. The second-order valence-electron chi connectivity index (χ2n) is 6.91. The molecule has 0 aliphatic carbocycles. The lowest BCUT2D eigenvalue weighted by Gasteiger charge is -2.21. The summed E-state index contributed by atoms with van der Waals surface area (Å²) < 4.78 is 0. The number of benzene rings is 2. The van der Waals surface area contributed by atoms with Crippen LogP contribution < -0.4 is 9.80 Å². The van der Waals surface area contributed by atoms with Gasteiger partial charge in [-0.05, 0) is 17.7 Å². The van der Waals surface area contributed by atoms with E-state index in [1.807, 2.05) is 54.6 Å². The van der Waals surface area contributed by atoms with Crippen LogP contribution in [0.15, 0.2) is 59.8 Å². The topological polar surface area (TPSA) is 62.2 Å². The summed E-state index contributed by atoms with van der Waals surface area (Å²) in [5, 5.41) is 4.17. The van der Waals surface area contributed by atoms with Gasteiger partial charge in [0.05, 0.1) is 17.1 Å². The van der Waals surface area contributed by atoms with E-state index < -0.39 is 5.92 Å². The molecule has 2 aliphatic rings. The third kappa shape index (κ3) is 3.07. The van der Waals surface area contributed by atoms with E-state index in [0.717, 1.165) is 22.6 Å². The molecule has 6 nitrogen and oxygen atoms in total. The van der Waals surface area contributed by atoms with E-state index in [-0.39, 0.29) is 17.9 Å². The number of rotatable bonds is 3. The number of hydrogen-bond donors (Lipinski definition) is 0. The Bertz CT molecular complexity index is 869. The summed E-state index contributed by atoms with van der Waals surface area (Å²) in [6.07, 6.45) is 0.600. The lowest BCUT2D eigenvalue weighted by atomic mass is 9.95. The fourth-order valence-corrected chi connectivity index (χ4v) is 3.66. The normalized spacial score (nSPS) is 20.2. The molecular formula is C21H21N3O3. The number of fused-ring (bicyclic) bond motifs is 1. The van der Waals surface area contributed by atoms with E-state index in [1.165, 1.54) is 0 Å². The van der Waals surface area contributed by atoms with Gasteiger partial charge >= 0.3 is 0 Å². The van der Waals surface area contributed by atoms with E-state index in [4.69, 9.17) is 4.84 Å². The monoisotopic (exact) mass is 363 g/mol. The Balaban J connectivity index is 1.53. The van der Waals surface area contributed by atoms with Crippen LogP contribution in [-0.4, -0.2) is 37.7 Å². The first-order chi connectivity index (χ1) is 13.1. The Kier molecular flexibility index (Phi) is 4.39. The number of carbonyl (C=O) groups is 2. The molecule has 4 rings (SSSR count). The van der Waals surface area contributed by atoms with Crippen LogP contribution in [0.3, 0.4) is 0 Å². The Morgan fingerprint density at radius 1 is 0.926 bits per heavy atom. The minimum Gasteiger partial charge on any atom is -0.392 e. The Hall–Kier alpha value is -3.15. The molecule has 0 bridgehead atoms. The number of hydrogen-bond acceptors (Lipinski definition) is 4. The van der Waals surface area contributed by atoms with Crippen molar-refractivity contribution < 1.29 is 14.4 Å². The first kappa shape index (κ1) is 17.3. The van der Waals surface area contributed by atoms with Gasteiger partial charge in [-0.3, -0.25) is 9.59 Å². The fraction of sp³-hybridized carbons (Fsp3) is 0.286. The SMILES string of the molecule is CN1C(=O)C(CC2CC(c3ccccc3)=NO2)C(=O)N(C)c2ccccc21. The molecule has 2 heterocycles. The number of oxime groups is 1. The first-order valence-corrected chi connectivity index (χ1v) is 8.98. The van der Waals surface area contributed by atoms with Gasteiger partial charge in [0.15, 0.2) is 0 Å². The van der Waals surface area contributed by atoms with Crippen molar-refractivity contribution in [3.8, 4) is 0 Å². The van der Waals surface area contributed by atoms with Crippen LogP contribution in [0.1, 0.15) is 18.4 Å². The number of carbonyl (C=O) groups excluding carboxylic acids is 2. The van der Waals surface area contributed by atoms with Gasteiger partial charge in [0.25, 0.3) is 0 Å². The Labute approximate surface area is 158 Å². The number of nitrogens with zero attached hydrogens (tertiary/aromatic N) is 3. The largest absolute Gasteiger partial charge is 0.392 e. The van der Waals surface area contributed by atoms with Crippen molar-refractivity contribution in [3.63, 3.8) is 0 Å². The molecule has 2 aliphatic heterocycles. The predicted octanol–water partition coefficient (Wildman–Crippen LogP) is 2.83. The standard InChI is InChI=1S/C21H21N3O3/c1-23-18-10-6-7-11-19(18)24(2)21(26)16(20(23)25)12-15-13-17(22-27-15)14-8-4-3-5-9-14/h3-11,15-16H,12-13H2,1-2H3. The first-order valence-electron chi connectivity index (χ1n) is 8.98. The van der Waals surface area contributed by atoms with Crippen LogP contribution in [0.5, 0.6) is 0 Å². The number of amides is 2. The van der Waals surface area contributed by atoms with Crippen molar-refractivity contribution in [3.05, 3.63) is 60.2 Å². The van der Waals surface area contributed by atoms with Crippen LogP contribution in [0, 0.1) is 5.92 Å². The Morgan fingerprint density at radius 2 is 1.48 bits per heavy atom. The summed E-state index contributed by atoms with van der Waals surface area (Å²) in [6, 6.07) is 17.2. The highest BCUT2D eigenvalue weighted by Gasteiger charge is 2.40. The maximum Gasteiger partial charge on any atom is 0.239 e. The second-order valence-corrected chi connectivity index (χ2v) is 6.91. The summed E-state index contributed by atoms with van der Waals surface area (Å²) in [5.74, 6) is -1.22. The minimum atomic E-state index is -0.789. The molecule has 138 valence electrons. The van der Waals surface area contributed by atoms with Gasteiger partial charge in [-0.15, -0.1) is 0 Å². The molecule has 1 unspecified atom stereocenters. The maximum atomic E-state index is 13.0. The smallest absolute Gasteiger partial charge is 0.239 e. The molecule has 0 N–H and O–H groups in total. The molecule has 0 saturated heterocycles. The molecule has 0 spiro atoms. The molecule has 27 heavy (non-hydrogen) atoms. The van der Waals surface area contributed by atoms with Crippen LogP contribution in [-0.2, 0) is 14.4 Å². The van der Waals surface area contributed by atoms with Crippen LogP contribution >= 0.6 is 0 Å². The summed E-state index contributed by atoms with van der Waals surface area (Å²) >= 11 is 0. The van der Waals surface area contributed by atoms with Crippen molar-refractivity contribution in [1.29, 1.82) is 0 Å². The molecule has 2 aromatic rings. The fourth-order valence-electron chi connectivity index (χ4n) is 3.66. The van der Waals surface area contributed by atoms with Gasteiger partial charge in [0, 0.05) is 26.9 Å². The van der Waals surface area contributed by atoms with E-state index in [2.05, 4.69) is 5.16 Å². The lowest BCUT2D eigenvalue weighted by Crippen LogP contribution is -2.41. The lowest BCUT2D eigenvalue weighted by molar-refractivity contribution is -0.133. The van der Waals surface area contributed by atoms with Crippen molar-refractivity contribution in [1.82, 2.24) is 0 Å². The van der Waals surface area contributed by atoms with E-state index in [0.29, 0.717) is 12.8 Å². The number of anilines is 2. The Morgan fingerprint density at radius 3 is 2.07 bits per heavy atom. The van der Waals surface area contributed by atoms with Crippen LogP contribution in [0.2, 0.25) is 0 Å². The van der Waals surface area contributed by atoms with Crippen LogP contribution in [0.4, 0.5) is 11.4 Å². The van der Waals surface area contributed by atoms with Crippen molar-refractivity contribution >= 4 is 28.9 Å². The summed E-state index contributed by atoms with van der Waals surface area (Å²) in [5.41, 5.74) is 3.31. The average Bonchev–Trinajstić information content (AvgIpc) is 3.17. The second kappa shape index (κ2) is 6.87. The van der Waals surface area contributed by atoms with Gasteiger partial charge in [-0.2, -0.15) is 0 Å². The van der Waals surface area contributed by atoms with Gasteiger partial charge in [-0.25, -0.2) is 0 Å². The third-order valence-electron chi connectivity index (χ3n) is 5.20. The van der Waals surface area contributed by atoms with E-state index in [1.54, 1.807) is 23.9 Å². The quantitative estimate of drug-likeness (QED) is 0.788. The highest BCUT2D eigenvalue weighted by molar-refractivity contribution is 6.17. The predicted molar refractivity (Wildman–Crippen MR) is 104 cm³/mol. The van der Waals surface area contributed by atoms with Gasteiger partial charge in [0.1, 0.15) is 12.0 Å². The van der Waals surface area contributed by atoms with E-state index in [9.17, 15) is 9.59 Å². The van der Waals surface area contributed by atoms with E-state index >= 15 is 0 Å². The highest BCUT2D eigenvalue weighted by Crippen LogP contribution is 2.35. The minimum absolute atomic E-state index is 0.214.